The van der Waals surface area contributed by atoms with Crippen LogP contribution >= 0.6 is 0 Å². The first-order chi connectivity index (χ1) is 17.7. The van der Waals surface area contributed by atoms with Gasteiger partial charge >= 0.3 is 24.4 Å². The van der Waals surface area contributed by atoms with E-state index in [4.69, 9.17) is 0 Å². The largest absolute Gasteiger partial charge is 0.480 e. The summed E-state index contributed by atoms with van der Waals surface area (Å²) in [4.78, 5) is 30.4. The first-order valence-corrected chi connectivity index (χ1v) is 12.3. The zero-order valence-corrected chi connectivity index (χ0v) is 20.8. The van der Waals surface area contributed by atoms with Crippen LogP contribution in [0.3, 0.4) is 0 Å². The van der Waals surface area contributed by atoms with Gasteiger partial charge in [-0.2, -0.15) is 26.3 Å². The van der Waals surface area contributed by atoms with Gasteiger partial charge in [-0.1, -0.05) is 12.1 Å². The van der Waals surface area contributed by atoms with Gasteiger partial charge in [0.15, 0.2) is 0 Å². The lowest BCUT2D eigenvalue weighted by Gasteiger charge is -2.54. The molecule has 3 aliphatic heterocycles. The van der Waals surface area contributed by atoms with Crippen LogP contribution in [0, 0.1) is 6.92 Å². The van der Waals surface area contributed by atoms with Gasteiger partial charge in [0.05, 0.1) is 12.1 Å². The number of alkyl halides is 6. The van der Waals surface area contributed by atoms with Gasteiger partial charge in [0.2, 0.25) is 0 Å². The monoisotopic (exact) mass is 552 g/mol. The molecule has 1 aromatic carbocycles. The molecule has 1 N–H and O–H groups in total. The predicted molar refractivity (Wildman–Crippen MR) is 124 cm³/mol. The zero-order valence-electron chi connectivity index (χ0n) is 20.8. The first kappa shape index (κ1) is 28.3. The Hall–Kier alpha value is -2.74. The molecule has 8 nitrogen and oxygen atoms in total. The average molecular weight is 553 g/mol. The molecule has 0 atom stereocenters. The summed E-state index contributed by atoms with van der Waals surface area (Å²) in [5.41, 5.74) is 2.90. The molecule has 1 spiro atoms. The Kier molecular flexibility index (Phi) is 7.77. The number of carboxylic acids is 1. The molecule has 3 aliphatic rings. The molecule has 0 aromatic heterocycles. The molecule has 3 fully saturated rings. The van der Waals surface area contributed by atoms with Crippen LogP contribution in [-0.4, -0.2) is 108 Å². The van der Waals surface area contributed by atoms with Crippen LogP contribution in [0.5, 0.6) is 0 Å². The second-order valence-corrected chi connectivity index (χ2v) is 10.2. The molecular formula is C24H30F6N4O4. The van der Waals surface area contributed by atoms with Gasteiger partial charge in [0.25, 0.3) is 6.10 Å². The van der Waals surface area contributed by atoms with Gasteiger partial charge in [-0.15, -0.1) is 0 Å². The summed E-state index contributed by atoms with van der Waals surface area (Å²) in [7, 11) is 0. The summed E-state index contributed by atoms with van der Waals surface area (Å²) in [6.07, 6.45) is -15.4. The van der Waals surface area contributed by atoms with Crippen molar-refractivity contribution in [2.24, 2.45) is 0 Å². The topological polar surface area (TPSA) is 76.6 Å². The summed E-state index contributed by atoms with van der Waals surface area (Å²) in [6, 6.07) is 6.00. The smallest absolute Gasteiger partial charge is 0.434 e. The van der Waals surface area contributed by atoms with Crippen molar-refractivity contribution in [1.82, 2.24) is 14.7 Å². The quantitative estimate of drug-likeness (QED) is 0.542. The van der Waals surface area contributed by atoms with E-state index in [9.17, 15) is 41.0 Å². The molecule has 0 aliphatic carbocycles. The molecule has 3 heterocycles. The number of aliphatic carboxylic acids is 1. The van der Waals surface area contributed by atoms with Crippen LogP contribution in [-0.2, 0) is 16.1 Å². The lowest BCUT2D eigenvalue weighted by atomic mass is 9.85. The number of rotatable bonds is 6. The van der Waals surface area contributed by atoms with Crippen LogP contribution in [0.25, 0.3) is 0 Å². The third kappa shape index (κ3) is 6.11. The second-order valence-electron chi connectivity index (χ2n) is 10.2. The van der Waals surface area contributed by atoms with Crippen molar-refractivity contribution < 1.29 is 45.8 Å². The molecule has 0 saturated carbocycles. The zero-order chi connectivity index (χ0) is 27.9. The number of halogens is 6. The van der Waals surface area contributed by atoms with Crippen molar-refractivity contribution in [2.45, 2.75) is 50.3 Å². The number of ether oxygens (including phenoxy) is 1. The minimum Gasteiger partial charge on any atom is -0.480 e. The molecule has 212 valence electrons. The number of carboxylic acid groups (broad SMARTS) is 1. The number of hydrogen-bond acceptors (Lipinski definition) is 6. The Balaban J connectivity index is 1.35. The van der Waals surface area contributed by atoms with Gasteiger partial charge in [-0.05, 0) is 43.5 Å². The molecule has 0 bridgehead atoms. The molecule has 1 aromatic rings. The number of benzene rings is 1. The van der Waals surface area contributed by atoms with E-state index in [0.717, 1.165) is 41.1 Å². The Bertz CT molecular complexity index is 1020. The van der Waals surface area contributed by atoms with Gasteiger partial charge < -0.3 is 19.6 Å². The van der Waals surface area contributed by atoms with Crippen LogP contribution in [0.1, 0.15) is 24.0 Å². The number of carbonyl (C=O) groups is 2. The second kappa shape index (κ2) is 10.4. The van der Waals surface area contributed by atoms with Gasteiger partial charge in [-0.25, -0.2) is 4.79 Å². The summed E-state index contributed by atoms with van der Waals surface area (Å²) in [5, 5.41) is 9.25. The molecular weight excluding hydrogens is 522 g/mol. The lowest BCUT2D eigenvalue weighted by Crippen LogP contribution is -2.68. The molecule has 0 unspecified atom stereocenters. The van der Waals surface area contributed by atoms with Gasteiger partial charge in [-0.3, -0.25) is 14.6 Å². The standard InChI is InChI=1S/C24H30F6N4O4/c1-16-3-4-17(18(11-16)33-14-22(15-33)5-2-6-34(22)13-19(35)36)12-31-7-9-32(10-8-31)21(37)38-20(23(25,26)27)24(28,29)30/h3-4,11,20H,2,5-10,12-15H2,1H3,(H,35,36). The summed E-state index contributed by atoms with van der Waals surface area (Å²) in [6.45, 7) is 4.98. The van der Waals surface area contributed by atoms with Crippen molar-refractivity contribution in [3.8, 4) is 0 Å². The number of likely N-dealkylation sites (tertiary alicyclic amines) is 1. The fourth-order valence-electron chi connectivity index (χ4n) is 5.52. The average Bonchev–Trinajstić information content (AvgIpc) is 3.19. The predicted octanol–water partition coefficient (Wildman–Crippen LogP) is 3.48. The van der Waals surface area contributed by atoms with E-state index in [1.54, 1.807) is 0 Å². The highest BCUT2D eigenvalue weighted by atomic mass is 19.4. The molecule has 0 radical (unpaired) electrons. The van der Waals surface area contributed by atoms with Crippen molar-refractivity contribution in [1.29, 1.82) is 0 Å². The van der Waals surface area contributed by atoms with Crippen molar-refractivity contribution in [2.75, 3.05) is 57.3 Å². The minimum atomic E-state index is -5.75. The fraction of sp³-hybridized carbons (Fsp3) is 0.667. The van der Waals surface area contributed by atoms with Crippen LogP contribution < -0.4 is 4.90 Å². The van der Waals surface area contributed by atoms with Crippen LogP contribution in [0.2, 0.25) is 0 Å². The Labute approximate surface area is 215 Å². The Morgan fingerprint density at radius 2 is 1.66 bits per heavy atom. The molecule has 38 heavy (non-hydrogen) atoms. The van der Waals surface area contributed by atoms with E-state index in [0.29, 0.717) is 19.6 Å². The highest BCUT2D eigenvalue weighted by Crippen LogP contribution is 2.41. The lowest BCUT2D eigenvalue weighted by molar-refractivity contribution is -0.308. The Morgan fingerprint density at radius 1 is 1.03 bits per heavy atom. The highest BCUT2D eigenvalue weighted by Gasteiger charge is 2.60. The maximum atomic E-state index is 12.7. The van der Waals surface area contributed by atoms with Crippen molar-refractivity contribution in [3.05, 3.63) is 29.3 Å². The van der Waals surface area contributed by atoms with E-state index in [1.165, 1.54) is 0 Å². The third-order valence-electron chi connectivity index (χ3n) is 7.46. The number of anilines is 1. The number of piperazine rings is 1. The van der Waals surface area contributed by atoms with Gasteiger partial charge in [0, 0.05) is 51.5 Å². The number of amides is 1. The summed E-state index contributed by atoms with van der Waals surface area (Å²) in [5.74, 6) is -0.851. The summed E-state index contributed by atoms with van der Waals surface area (Å²) < 4.78 is 80.2. The minimum absolute atomic E-state index is 0.00785. The third-order valence-corrected chi connectivity index (χ3v) is 7.46. The van der Waals surface area contributed by atoms with E-state index >= 15 is 0 Å². The van der Waals surface area contributed by atoms with Crippen molar-refractivity contribution in [3.63, 3.8) is 0 Å². The molecule has 3 saturated heterocycles. The fourth-order valence-corrected chi connectivity index (χ4v) is 5.52. The van der Waals surface area contributed by atoms with E-state index < -0.39 is 30.5 Å². The van der Waals surface area contributed by atoms with Crippen molar-refractivity contribution >= 4 is 17.7 Å². The normalized spacial score (nSPS) is 20.7. The number of nitrogens with zero attached hydrogens (tertiary/aromatic N) is 4. The van der Waals surface area contributed by atoms with E-state index in [2.05, 4.69) is 15.7 Å². The maximum Gasteiger partial charge on any atom is 0.434 e. The number of hydrogen-bond donors (Lipinski definition) is 1. The van der Waals surface area contributed by atoms with Crippen LogP contribution in [0.15, 0.2) is 18.2 Å². The van der Waals surface area contributed by atoms with Crippen LogP contribution in [0.4, 0.5) is 36.8 Å². The highest BCUT2D eigenvalue weighted by molar-refractivity contribution is 5.70. The van der Waals surface area contributed by atoms with E-state index in [-0.39, 0.29) is 38.3 Å². The molecule has 1 amide bonds. The van der Waals surface area contributed by atoms with E-state index in [1.807, 2.05) is 28.9 Å². The number of aryl methyl sites for hydroxylation is 1. The Morgan fingerprint density at radius 3 is 2.24 bits per heavy atom. The SMILES string of the molecule is Cc1ccc(CN2CCN(C(=O)OC(C(F)(F)F)C(F)(F)F)CC2)c(N2CC3(CCCN3CC(=O)O)C2)c1. The number of carbonyl (C=O) groups excluding carboxylic acids is 1. The molecule has 14 heteroatoms. The molecule has 4 rings (SSSR count). The van der Waals surface area contributed by atoms with Gasteiger partial charge in [0.1, 0.15) is 0 Å². The maximum absolute atomic E-state index is 12.7. The summed E-state index contributed by atoms with van der Waals surface area (Å²) >= 11 is 0. The first-order valence-electron chi connectivity index (χ1n) is 12.3.